The number of halogens is 1. The van der Waals surface area contributed by atoms with E-state index in [1.807, 2.05) is 18.2 Å². The zero-order chi connectivity index (χ0) is 11.1. The second-order valence-electron chi connectivity index (χ2n) is 3.52. The van der Waals surface area contributed by atoms with Crippen molar-refractivity contribution in [2.45, 2.75) is 0 Å². The molecule has 0 aromatic heterocycles. The highest BCUT2D eigenvalue weighted by atomic mass is 31.2. The van der Waals surface area contributed by atoms with Gasteiger partial charge in [0.25, 0.3) is 8.38 Å². The van der Waals surface area contributed by atoms with Crippen LogP contribution in [-0.2, 0) is 0 Å². The lowest BCUT2D eigenvalue weighted by Gasteiger charge is -2.23. The summed E-state index contributed by atoms with van der Waals surface area (Å²) in [5.74, 6) is 0.299. The number of hydrogen-bond donors (Lipinski definition) is 1. The van der Waals surface area contributed by atoms with E-state index in [9.17, 15) is 9.28 Å². The minimum atomic E-state index is -1.67. The average molecular weight is 234 g/mol. The summed E-state index contributed by atoms with van der Waals surface area (Å²) in [6, 6.07) is 11.7. The molecular formula is C12H8FO2P. The summed E-state index contributed by atoms with van der Waals surface area (Å²) in [5.41, 5.74) is 1.54. The van der Waals surface area contributed by atoms with Crippen molar-refractivity contribution in [1.82, 2.24) is 0 Å². The SMILES string of the molecule is OP1Oc2ccccc2-c2cc(F)ccc21. The summed E-state index contributed by atoms with van der Waals surface area (Å²) in [5, 5.41) is 0.662. The van der Waals surface area contributed by atoms with Crippen LogP contribution in [0.25, 0.3) is 11.1 Å². The molecule has 16 heavy (non-hydrogen) atoms. The van der Waals surface area contributed by atoms with E-state index in [1.54, 1.807) is 12.1 Å². The highest BCUT2D eigenvalue weighted by Gasteiger charge is 2.25. The lowest BCUT2D eigenvalue weighted by Crippen LogP contribution is -2.13. The van der Waals surface area contributed by atoms with Crippen LogP contribution in [0.15, 0.2) is 42.5 Å². The minimum Gasteiger partial charge on any atom is -0.443 e. The zero-order valence-electron chi connectivity index (χ0n) is 8.22. The maximum absolute atomic E-state index is 13.2. The third-order valence-electron chi connectivity index (χ3n) is 2.53. The Morgan fingerprint density at radius 3 is 2.75 bits per heavy atom. The van der Waals surface area contributed by atoms with Crippen molar-refractivity contribution in [2.24, 2.45) is 0 Å². The summed E-state index contributed by atoms with van der Waals surface area (Å²) >= 11 is 0. The lowest BCUT2D eigenvalue weighted by atomic mass is 10.0. The smallest absolute Gasteiger partial charge is 0.262 e. The molecule has 1 aliphatic rings. The van der Waals surface area contributed by atoms with E-state index < -0.39 is 8.38 Å². The molecule has 0 bridgehead atoms. The van der Waals surface area contributed by atoms with Gasteiger partial charge in [0.2, 0.25) is 0 Å². The molecule has 0 saturated heterocycles. The predicted molar refractivity (Wildman–Crippen MR) is 61.2 cm³/mol. The zero-order valence-corrected chi connectivity index (χ0v) is 9.12. The van der Waals surface area contributed by atoms with E-state index >= 15 is 0 Å². The molecule has 2 nitrogen and oxygen atoms in total. The molecule has 0 amide bonds. The number of benzene rings is 2. The first-order valence-corrected chi connectivity index (χ1v) is 6.03. The molecule has 0 aliphatic carbocycles. The molecular weight excluding hydrogens is 226 g/mol. The third-order valence-corrected chi connectivity index (χ3v) is 3.70. The van der Waals surface area contributed by atoms with Crippen molar-refractivity contribution in [2.75, 3.05) is 0 Å². The van der Waals surface area contributed by atoms with Crippen LogP contribution < -0.4 is 9.83 Å². The van der Waals surface area contributed by atoms with Crippen LogP contribution in [0.5, 0.6) is 5.75 Å². The molecule has 0 saturated carbocycles. The molecule has 1 unspecified atom stereocenters. The Kier molecular flexibility index (Phi) is 2.16. The molecule has 80 valence electrons. The molecule has 1 aliphatic heterocycles. The van der Waals surface area contributed by atoms with E-state index in [-0.39, 0.29) is 5.82 Å². The van der Waals surface area contributed by atoms with Crippen molar-refractivity contribution in [1.29, 1.82) is 0 Å². The molecule has 0 fully saturated rings. The molecule has 0 spiro atoms. The molecule has 4 heteroatoms. The Bertz CT molecular complexity index is 556. The molecule has 3 rings (SSSR count). The van der Waals surface area contributed by atoms with Crippen molar-refractivity contribution in [3.8, 4) is 16.9 Å². The van der Waals surface area contributed by atoms with Crippen molar-refractivity contribution >= 4 is 13.7 Å². The molecule has 1 atom stereocenters. The van der Waals surface area contributed by atoms with Gasteiger partial charge in [-0.3, -0.25) is 0 Å². The molecule has 0 radical (unpaired) electrons. The van der Waals surface area contributed by atoms with Crippen LogP contribution in [-0.4, -0.2) is 4.89 Å². The van der Waals surface area contributed by atoms with E-state index in [0.29, 0.717) is 11.1 Å². The van der Waals surface area contributed by atoms with E-state index in [1.165, 1.54) is 12.1 Å². The number of fused-ring (bicyclic) bond motifs is 3. The highest BCUT2D eigenvalue weighted by molar-refractivity contribution is 7.55. The van der Waals surface area contributed by atoms with Gasteiger partial charge in [0.15, 0.2) is 0 Å². The van der Waals surface area contributed by atoms with Gasteiger partial charge in [-0.1, -0.05) is 18.2 Å². The number of para-hydroxylation sites is 1. The summed E-state index contributed by atoms with van der Waals surface area (Å²) in [7, 11) is -1.67. The van der Waals surface area contributed by atoms with E-state index in [4.69, 9.17) is 4.52 Å². The first-order valence-electron chi connectivity index (χ1n) is 4.81. The molecule has 2 aromatic rings. The van der Waals surface area contributed by atoms with Gasteiger partial charge >= 0.3 is 0 Å². The van der Waals surface area contributed by atoms with Crippen molar-refractivity contribution in [3.63, 3.8) is 0 Å². The minimum absolute atomic E-state index is 0.307. The van der Waals surface area contributed by atoms with Crippen LogP contribution in [0.2, 0.25) is 0 Å². The Hall–Kier alpha value is -1.44. The predicted octanol–water partition coefficient (Wildman–Crippen LogP) is 2.81. The first kappa shape index (κ1) is 9.76. The fourth-order valence-electron chi connectivity index (χ4n) is 1.80. The second-order valence-corrected chi connectivity index (χ2v) is 4.73. The van der Waals surface area contributed by atoms with Gasteiger partial charge in [-0.05, 0) is 24.3 Å². The van der Waals surface area contributed by atoms with Gasteiger partial charge in [-0.15, -0.1) is 0 Å². The van der Waals surface area contributed by atoms with Crippen molar-refractivity contribution in [3.05, 3.63) is 48.3 Å². The topological polar surface area (TPSA) is 29.5 Å². The lowest BCUT2D eigenvalue weighted by molar-refractivity contribution is 0.498. The number of rotatable bonds is 0. The van der Waals surface area contributed by atoms with Gasteiger partial charge in [0, 0.05) is 11.1 Å². The Morgan fingerprint density at radius 2 is 1.88 bits per heavy atom. The standard InChI is InChI=1S/C12H8FO2P/c13-8-5-6-12-10(7-8)9-3-1-2-4-11(9)15-16(12)14/h1-7,14H. The molecule has 1 heterocycles. The van der Waals surface area contributed by atoms with Gasteiger partial charge in [0.1, 0.15) is 11.6 Å². The molecule has 1 N–H and O–H groups in total. The average Bonchev–Trinajstić information content (AvgIpc) is 2.29. The summed E-state index contributed by atoms with van der Waals surface area (Å²) in [4.78, 5) is 9.82. The largest absolute Gasteiger partial charge is 0.443 e. The second kappa shape index (κ2) is 3.55. The molecule has 2 aromatic carbocycles. The highest BCUT2D eigenvalue weighted by Crippen LogP contribution is 2.45. The van der Waals surface area contributed by atoms with Gasteiger partial charge in [0.05, 0.1) is 5.30 Å². The normalized spacial score (nSPS) is 17.2. The summed E-state index contributed by atoms with van der Waals surface area (Å²) < 4.78 is 18.6. The van der Waals surface area contributed by atoms with Crippen LogP contribution in [0.4, 0.5) is 4.39 Å². The van der Waals surface area contributed by atoms with Gasteiger partial charge in [-0.2, -0.15) is 0 Å². The fourth-order valence-corrected chi connectivity index (χ4v) is 2.84. The van der Waals surface area contributed by atoms with Crippen LogP contribution in [0.1, 0.15) is 0 Å². The summed E-state index contributed by atoms with van der Waals surface area (Å²) in [6.45, 7) is 0. The van der Waals surface area contributed by atoms with Gasteiger partial charge < -0.3 is 9.42 Å². The maximum atomic E-state index is 13.2. The first-order chi connectivity index (χ1) is 7.75. The van der Waals surface area contributed by atoms with Crippen LogP contribution >= 0.6 is 8.38 Å². The third kappa shape index (κ3) is 1.41. The quantitative estimate of drug-likeness (QED) is 0.710. The summed E-state index contributed by atoms with van der Waals surface area (Å²) in [6.07, 6.45) is 0. The van der Waals surface area contributed by atoms with E-state index in [0.717, 1.165) is 11.1 Å². The Labute approximate surface area is 93.2 Å². The van der Waals surface area contributed by atoms with E-state index in [2.05, 4.69) is 0 Å². The fraction of sp³-hybridized carbons (Fsp3) is 0. The van der Waals surface area contributed by atoms with Gasteiger partial charge in [-0.25, -0.2) is 4.39 Å². The van der Waals surface area contributed by atoms with Crippen molar-refractivity contribution < 1.29 is 13.8 Å². The maximum Gasteiger partial charge on any atom is 0.262 e. The Balaban J connectivity index is 2.30. The monoisotopic (exact) mass is 234 g/mol. The van der Waals surface area contributed by atoms with Crippen LogP contribution in [0.3, 0.4) is 0 Å². The Morgan fingerprint density at radius 1 is 1.06 bits per heavy atom. The number of hydrogen-bond acceptors (Lipinski definition) is 2. The van der Waals surface area contributed by atoms with Crippen LogP contribution in [0, 0.1) is 5.82 Å².